The van der Waals surface area contributed by atoms with E-state index in [-0.39, 0.29) is 0 Å². The molecule has 11 aromatic rings. The SMILES string of the molecule is c1ccc(-c2ccc(N(c3ccc(-c4ccccc4)cc3)c3ccc4cc5oc6cc7oc8cc9ccccc9cc8c7cc6c5cc4c3)cc2)cc1. The van der Waals surface area contributed by atoms with Gasteiger partial charge >= 0.3 is 0 Å². The molecule has 248 valence electrons. The van der Waals surface area contributed by atoms with E-state index in [0.29, 0.717) is 0 Å². The topological polar surface area (TPSA) is 29.5 Å². The van der Waals surface area contributed by atoms with Gasteiger partial charge < -0.3 is 13.7 Å². The first-order valence-electron chi connectivity index (χ1n) is 18.0. The summed E-state index contributed by atoms with van der Waals surface area (Å²) in [6, 6.07) is 67.0. The Morgan fingerprint density at radius 2 is 0.660 bits per heavy atom. The highest BCUT2D eigenvalue weighted by Gasteiger charge is 2.17. The number of rotatable bonds is 5. The maximum Gasteiger partial charge on any atom is 0.139 e. The molecule has 0 atom stereocenters. The van der Waals surface area contributed by atoms with Gasteiger partial charge in [0.15, 0.2) is 0 Å². The summed E-state index contributed by atoms with van der Waals surface area (Å²) >= 11 is 0. The van der Waals surface area contributed by atoms with Crippen LogP contribution in [0.25, 0.3) is 87.7 Å². The normalized spacial score (nSPS) is 11.8. The lowest BCUT2D eigenvalue weighted by molar-refractivity contribution is 0.656. The van der Waals surface area contributed by atoms with Crippen LogP contribution >= 0.6 is 0 Å². The second-order valence-electron chi connectivity index (χ2n) is 13.8. The number of benzene rings is 9. The molecule has 9 aromatic carbocycles. The van der Waals surface area contributed by atoms with Crippen LogP contribution in [0.15, 0.2) is 197 Å². The molecule has 0 radical (unpaired) electrons. The zero-order valence-corrected chi connectivity index (χ0v) is 28.7. The molecule has 0 unspecified atom stereocenters. The van der Waals surface area contributed by atoms with Crippen LogP contribution in [0.1, 0.15) is 0 Å². The average molecular weight is 678 g/mol. The second kappa shape index (κ2) is 11.7. The number of hydrogen-bond donors (Lipinski definition) is 0. The molecule has 0 saturated heterocycles. The van der Waals surface area contributed by atoms with E-state index in [1.54, 1.807) is 0 Å². The molecule has 3 nitrogen and oxygen atoms in total. The molecule has 0 spiro atoms. The lowest BCUT2D eigenvalue weighted by Crippen LogP contribution is -2.09. The highest BCUT2D eigenvalue weighted by Crippen LogP contribution is 2.42. The smallest absolute Gasteiger partial charge is 0.139 e. The number of fused-ring (bicyclic) bond motifs is 8. The quantitative estimate of drug-likeness (QED) is 0.182. The average Bonchev–Trinajstić information content (AvgIpc) is 3.75. The fraction of sp³-hybridized carbons (Fsp3) is 0. The molecule has 2 heterocycles. The predicted molar refractivity (Wildman–Crippen MR) is 222 cm³/mol. The van der Waals surface area contributed by atoms with Gasteiger partial charge in [0, 0.05) is 44.7 Å². The zero-order valence-electron chi connectivity index (χ0n) is 28.7. The molecule has 0 aliphatic heterocycles. The summed E-state index contributed by atoms with van der Waals surface area (Å²) in [5.74, 6) is 0. The van der Waals surface area contributed by atoms with Crippen molar-refractivity contribution >= 4 is 82.5 Å². The minimum absolute atomic E-state index is 0.824. The minimum atomic E-state index is 0.824. The van der Waals surface area contributed by atoms with Crippen molar-refractivity contribution in [3.8, 4) is 22.3 Å². The highest BCUT2D eigenvalue weighted by atomic mass is 16.3. The van der Waals surface area contributed by atoms with Crippen LogP contribution in [0.5, 0.6) is 0 Å². The minimum Gasteiger partial charge on any atom is -0.456 e. The van der Waals surface area contributed by atoms with Crippen molar-refractivity contribution in [1.82, 2.24) is 0 Å². The van der Waals surface area contributed by atoms with Crippen LogP contribution in [0.3, 0.4) is 0 Å². The van der Waals surface area contributed by atoms with Gasteiger partial charge in [-0.15, -0.1) is 0 Å². The summed E-state index contributed by atoms with van der Waals surface area (Å²) in [5.41, 5.74) is 11.5. The van der Waals surface area contributed by atoms with Crippen LogP contribution in [0.4, 0.5) is 17.1 Å². The van der Waals surface area contributed by atoms with Crippen molar-refractivity contribution in [3.05, 3.63) is 188 Å². The molecule has 0 amide bonds. The van der Waals surface area contributed by atoms with Gasteiger partial charge in [0.1, 0.15) is 22.3 Å². The molecular formula is C50H31NO2. The molecule has 2 aromatic heterocycles. The summed E-state index contributed by atoms with van der Waals surface area (Å²) < 4.78 is 12.9. The van der Waals surface area contributed by atoms with E-state index < -0.39 is 0 Å². The summed E-state index contributed by atoms with van der Waals surface area (Å²) in [6.07, 6.45) is 0. The first-order valence-corrected chi connectivity index (χ1v) is 18.0. The van der Waals surface area contributed by atoms with Gasteiger partial charge in [0.05, 0.1) is 0 Å². The van der Waals surface area contributed by atoms with Crippen molar-refractivity contribution < 1.29 is 8.83 Å². The Morgan fingerprint density at radius 1 is 0.264 bits per heavy atom. The van der Waals surface area contributed by atoms with Gasteiger partial charge in [-0.05, 0) is 111 Å². The van der Waals surface area contributed by atoms with Gasteiger partial charge in [0.2, 0.25) is 0 Å². The Balaban J connectivity index is 1.05. The molecule has 0 aliphatic rings. The van der Waals surface area contributed by atoms with Crippen LogP contribution in [0, 0.1) is 0 Å². The van der Waals surface area contributed by atoms with Crippen molar-refractivity contribution in [3.63, 3.8) is 0 Å². The first-order chi connectivity index (χ1) is 26.2. The summed E-state index contributed by atoms with van der Waals surface area (Å²) in [7, 11) is 0. The van der Waals surface area contributed by atoms with Gasteiger partial charge in [-0.2, -0.15) is 0 Å². The van der Waals surface area contributed by atoms with E-state index >= 15 is 0 Å². The van der Waals surface area contributed by atoms with Crippen LogP contribution < -0.4 is 4.90 Å². The molecule has 53 heavy (non-hydrogen) atoms. The largest absolute Gasteiger partial charge is 0.456 e. The molecule has 11 rings (SSSR count). The fourth-order valence-electron chi connectivity index (χ4n) is 7.91. The lowest BCUT2D eigenvalue weighted by Gasteiger charge is -2.26. The second-order valence-corrected chi connectivity index (χ2v) is 13.8. The Kier molecular flexibility index (Phi) is 6.55. The van der Waals surface area contributed by atoms with Gasteiger partial charge in [-0.25, -0.2) is 0 Å². The van der Waals surface area contributed by atoms with E-state index in [1.165, 1.54) is 33.0 Å². The van der Waals surface area contributed by atoms with Crippen molar-refractivity contribution in [2.24, 2.45) is 0 Å². The van der Waals surface area contributed by atoms with E-state index in [1.807, 2.05) is 6.07 Å². The Bertz CT molecular complexity index is 3060. The number of furan rings is 2. The molecule has 0 bridgehead atoms. The fourth-order valence-corrected chi connectivity index (χ4v) is 7.91. The van der Waals surface area contributed by atoms with E-state index in [9.17, 15) is 0 Å². The lowest BCUT2D eigenvalue weighted by atomic mass is 10.0. The number of anilines is 3. The third-order valence-corrected chi connectivity index (χ3v) is 10.6. The Hall–Kier alpha value is -7.10. The molecule has 0 fully saturated rings. The summed E-state index contributed by atoms with van der Waals surface area (Å²) in [5, 5.41) is 9.03. The maximum absolute atomic E-state index is 6.48. The van der Waals surface area contributed by atoms with Gasteiger partial charge in [-0.3, -0.25) is 0 Å². The standard InChI is InChI=1S/C50H31NO2/c1-3-9-32(10-4-1)34-15-20-40(21-16-34)51(41-22-17-35(18-23-41)33-11-5-2-6-12-33)42-24-19-38-29-48-44(27-39(38)25-42)46-30-45-43-26-36-13-7-8-14-37(36)28-47(43)52-49(45)31-50(46)53-48/h1-31H. The molecule has 0 N–H and O–H groups in total. The third kappa shape index (κ3) is 4.97. The van der Waals surface area contributed by atoms with E-state index in [2.05, 4.69) is 187 Å². The van der Waals surface area contributed by atoms with Gasteiger partial charge in [0.25, 0.3) is 0 Å². The van der Waals surface area contributed by atoms with Crippen molar-refractivity contribution in [2.45, 2.75) is 0 Å². The number of nitrogens with zero attached hydrogens (tertiary/aromatic N) is 1. The van der Waals surface area contributed by atoms with Gasteiger partial charge in [-0.1, -0.05) is 115 Å². The monoisotopic (exact) mass is 677 g/mol. The van der Waals surface area contributed by atoms with Crippen LogP contribution in [-0.4, -0.2) is 0 Å². The summed E-state index contributed by atoms with van der Waals surface area (Å²) in [6.45, 7) is 0. The van der Waals surface area contributed by atoms with E-state index in [0.717, 1.165) is 71.7 Å². The predicted octanol–water partition coefficient (Wildman–Crippen LogP) is 14.6. The molecule has 0 aliphatic carbocycles. The highest BCUT2D eigenvalue weighted by molar-refractivity contribution is 6.18. The van der Waals surface area contributed by atoms with Crippen molar-refractivity contribution in [1.29, 1.82) is 0 Å². The van der Waals surface area contributed by atoms with Crippen LogP contribution in [0.2, 0.25) is 0 Å². The van der Waals surface area contributed by atoms with Crippen molar-refractivity contribution in [2.75, 3.05) is 4.90 Å². The zero-order chi connectivity index (χ0) is 34.9. The first kappa shape index (κ1) is 29.6. The Morgan fingerprint density at radius 3 is 1.21 bits per heavy atom. The molecule has 3 heteroatoms. The maximum atomic E-state index is 6.48. The molecular weight excluding hydrogens is 647 g/mol. The summed E-state index contributed by atoms with van der Waals surface area (Å²) in [4.78, 5) is 2.34. The van der Waals surface area contributed by atoms with E-state index in [4.69, 9.17) is 8.83 Å². The number of hydrogen-bond acceptors (Lipinski definition) is 3. The molecule has 0 saturated carbocycles. The van der Waals surface area contributed by atoms with Crippen LogP contribution in [-0.2, 0) is 0 Å². The Labute approximate surface area is 305 Å². The third-order valence-electron chi connectivity index (χ3n) is 10.6.